The average Bonchev–Trinajstić information content (AvgIpc) is 3.03. The molecule has 1 fully saturated rings. The predicted octanol–water partition coefficient (Wildman–Crippen LogP) is 4.52. The summed E-state index contributed by atoms with van der Waals surface area (Å²) >= 11 is 1.62. The van der Waals surface area contributed by atoms with Crippen LogP contribution in [-0.4, -0.2) is 31.7 Å². The molecule has 1 N–H and O–H groups in total. The lowest BCUT2D eigenvalue weighted by Gasteiger charge is -2.25. The van der Waals surface area contributed by atoms with Crippen LogP contribution in [0.25, 0.3) is 0 Å². The molecule has 2 aromatic rings. The Kier molecular flexibility index (Phi) is 5.70. The summed E-state index contributed by atoms with van der Waals surface area (Å²) in [6.07, 6.45) is 0. The van der Waals surface area contributed by atoms with Gasteiger partial charge in [-0.05, 0) is 42.0 Å². The summed E-state index contributed by atoms with van der Waals surface area (Å²) in [4.78, 5) is 28.6. The van der Waals surface area contributed by atoms with Crippen LogP contribution in [0.15, 0.2) is 48.5 Å². The van der Waals surface area contributed by atoms with Crippen molar-refractivity contribution >= 4 is 40.6 Å². The Morgan fingerprint density at radius 1 is 1.07 bits per heavy atom. The SMILES string of the molecule is CN(C)c1ccc(N2C(=O)CS[C@@H]2c2ccc(NC(=O)C(C)(C)C)cc2)cc1. The van der Waals surface area contributed by atoms with Gasteiger partial charge in [0.25, 0.3) is 0 Å². The minimum Gasteiger partial charge on any atom is -0.378 e. The van der Waals surface area contributed by atoms with Crippen molar-refractivity contribution in [2.24, 2.45) is 5.41 Å². The largest absolute Gasteiger partial charge is 0.378 e. The van der Waals surface area contributed by atoms with Crippen molar-refractivity contribution in [3.05, 3.63) is 54.1 Å². The lowest BCUT2D eigenvalue weighted by Crippen LogP contribution is -2.28. The molecule has 0 radical (unpaired) electrons. The zero-order valence-electron chi connectivity index (χ0n) is 17.0. The normalized spacial score (nSPS) is 17.0. The maximum absolute atomic E-state index is 12.5. The van der Waals surface area contributed by atoms with E-state index in [0.717, 1.165) is 22.6 Å². The molecule has 2 amide bonds. The van der Waals surface area contributed by atoms with E-state index in [4.69, 9.17) is 0 Å². The van der Waals surface area contributed by atoms with Crippen LogP contribution in [0.4, 0.5) is 17.1 Å². The highest BCUT2D eigenvalue weighted by atomic mass is 32.2. The summed E-state index contributed by atoms with van der Waals surface area (Å²) in [6, 6.07) is 15.8. The van der Waals surface area contributed by atoms with Gasteiger partial charge in [-0.3, -0.25) is 14.5 Å². The van der Waals surface area contributed by atoms with Gasteiger partial charge in [0, 0.05) is 36.6 Å². The lowest BCUT2D eigenvalue weighted by molar-refractivity contribution is -0.123. The summed E-state index contributed by atoms with van der Waals surface area (Å²) in [6.45, 7) is 5.66. The quantitative estimate of drug-likeness (QED) is 0.824. The Bertz CT molecular complexity index is 855. The third-order valence-electron chi connectivity index (χ3n) is 4.65. The number of nitrogens with one attached hydrogen (secondary N) is 1. The fraction of sp³-hybridized carbons (Fsp3) is 0.364. The topological polar surface area (TPSA) is 52.6 Å². The van der Waals surface area contributed by atoms with Gasteiger partial charge >= 0.3 is 0 Å². The first-order valence-corrected chi connectivity index (χ1v) is 10.3. The number of benzene rings is 2. The molecule has 2 aromatic carbocycles. The number of hydrogen-bond donors (Lipinski definition) is 1. The predicted molar refractivity (Wildman–Crippen MR) is 118 cm³/mol. The minimum atomic E-state index is -0.443. The fourth-order valence-corrected chi connectivity index (χ4v) is 4.09. The van der Waals surface area contributed by atoms with Gasteiger partial charge in [0.15, 0.2) is 0 Å². The zero-order chi connectivity index (χ0) is 20.5. The highest BCUT2D eigenvalue weighted by Gasteiger charge is 2.34. The van der Waals surface area contributed by atoms with E-state index in [1.54, 1.807) is 11.8 Å². The monoisotopic (exact) mass is 397 g/mol. The third kappa shape index (κ3) is 4.33. The van der Waals surface area contributed by atoms with Crippen molar-refractivity contribution in [1.82, 2.24) is 0 Å². The first-order valence-electron chi connectivity index (χ1n) is 9.29. The van der Waals surface area contributed by atoms with Crippen molar-refractivity contribution < 1.29 is 9.59 Å². The number of rotatable bonds is 4. The van der Waals surface area contributed by atoms with Gasteiger partial charge in [-0.1, -0.05) is 32.9 Å². The summed E-state index contributed by atoms with van der Waals surface area (Å²) < 4.78 is 0. The van der Waals surface area contributed by atoms with Crippen LogP contribution in [0.3, 0.4) is 0 Å². The van der Waals surface area contributed by atoms with Crippen molar-refractivity contribution in [2.45, 2.75) is 26.1 Å². The molecular weight excluding hydrogens is 370 g/mol. The standard InChI is InChI=1S/C22H27N3O2S/c1-22(2,3)21(27)23-16-8-6-15(7-9-16)20-25(19(26)14-28-20)18-12-10-17(11-13-18)24(4)5/h6-13,20H,14H2,1-5H3,(H,23,27)/t20-/m1/s1. The molecule has 1 aliphatic heterocycles. The summed E-state index contributed by atoms with van der Waals surface area (Å²) in [7, 11) is 3.99. The molecule has 28 heavy (non-hydrogen) atoms. The second-order valence-electron chi connectivity index (χ2n) is 8.16. The van der Waals surface area contributed by atoms with Gasteiger partial charge in [0.1, 0.15) is 5.37 Å². The molecular formula is C22H27N3O2S. The van der Waals surface area contributed by atoms with Crippen molar-refractivity contribution in [2.75, 3.05) is 35.0 Å². The Hall–Kier alpha value is -2.47. The second-order valence-corrected chi connectivity index (χ2v) is 9.23. The summed E-state index contributed by atoms with van der Waals surface area (Å²) in [5.74, 6) is 0.550. The van der Waals surface area contributed by atoms with E-state index in [-0.39, 0.29) is 17.2 Å². The molecule has 6 heteroatoms. The zero-order valence-corrected chi connectivity index (χ0v) is 17.8. The summed E-state index contributed by atoms with van der Waals surface area (Å²) in [5, 5.41) is 2.87. The van der Waals surface area contributed by atoms with Gasteiger partial charge < -0.3 is 10.2 Å². The maximum Gasteiger partial charge on any atom is 0.238 e. The van der Waals surface area contributed by atoms with Gasteiger partial charge in [-0.25, -0.2) is 0 Å². The van der Waals surface area contributed by atoms with Crippen LogP contribution in [0.5, 0.6) is 0 Å². The van der Waals surface area contributed by atoms with Gasteiger partial charge in [0.2, 0.25) is 11.8 Å². The van der Waals surface area contributed by atoms with E-state index in [1.165, 1.54) is 0 Å². The van der Waals surface area contributed by atoms with Crippen molar-refractivity contribution in [1.29, 1.82) is 0 Å². The van der Waals surface area contributed by atoms with E-state index >= 15 is 0 Å². The first kappa shape index (κ1) is 20.3. The van der Waals surface area contributed by atoms with Crippen LogP contribution >= 0.6 is 11.8 Å². The van der Waals surface area contributed by atoms with Crippen LogP contribution in [0.2, 0.25) is 0 Å². The Morgan fingerprint density at radius 2 is 1.68 bits per heavy atom. The van der Waals surface area contributed by atoms with Gasteiger partial charge in [0.05, 0.1) is 5.75 Å². The van der Waals surface area contributed by atoms with E-state index in [9.17, 15) is 9.59 Å². The molecule has 3 rings (SSSR count). The number of nitrogens with zero attached hydrogens (tertiary/aromatic N) is 2. The molecule has 1 atom stereocenters. The smallest absolute Gasteiger partial charge is 0.238 e. The second kappa shape index (κ2) is 7.87. The molecule has 0 aromatic heterocycles. The molecule has 0 bridgehead atoms. The van der Waals surface area contributed by atoms with E-state index in [0.29, 0.717) is 5.75 Å². The average molecular weight is 398 g/mol. The molecule has 0 aliphatic carbocycles. The molecule has 148 valence electrons. The minimum absolute atomic E-state index is 0.0201. The molecule has 0 spiro atoms. The molecule has 0 unspecified atom stereocenters. The molecule has 5 nitrogen and oxygen atoms in total. The number of amides is 2. The third-order valence-corrected chi connectivity index (χ3v) is 5.86. The first-order chi connectivity index (χ1) is 13.2. The van der Waals surface area contributed by atoms with Crippen molar-refractivity contribution in [3.8, 4) is 0 Å². The summed E-state index contributed by atoms with van der Waals surface area (Å²) in [5.41, 5.74) is 3.36. The fourth-order valence-electron chi connectivity index (χ4n) is 2.91. The van der Waals surface area contributed by atoms with Crippen LogP contribution < -0.4 is 15.1 Å². The maximum atomic E-state index is 12.5. The number of anilines is 3. The number of hydrogen-bond acceptors (Lipinski definition) is 4. The highest BCUT2D eigenvalue weighted by molar-refractivity contribution is 8.00. The Morgan fingerprint density at radius 3 is 2.21 bits per heavy atom. The van der Waals surface area contributed by atoms with E-state index in [2.05, 4.69) is 5.32 Å². The number of carbonyl (C=O) groups is 2. The molecule has 1 heterocycles. The number of carbonyl (C=O) groups excluding carboxylic acids is 2. The van der Waals surface area contributed by atoms with Gasteiger partial charge in [-0.15, -0.1) is 11.8 Å². The van der Waals surface area contributed by atoms with E-state index in [1.807, 2.05) is 93.2 Å². The Labute approximate surface area is 171 Å². The highest BCUT2D eigenvalue weighted by Crippen LogP contribution is 2.42. The molecule has 0 saturated carbocycles. The molecule has 1 saturated heterocycles. The lowest BCUT2D eigenvalue weighted by atomic mass is 9.95. The van der Waals surface area contributed by atoms with Crippen molar-refractivity contribution in [3.63, 3.8) is 0 Å². The van der Waals surface area contributed by atoms with Gasteiger partial charge in [-0.2, -0.15) is 0 Å². The number of thioether (sulfide) groups is 1. The Balaban J connectivity index is 1.80. The van der Waals surface area contributed by atoms with E-state index < -0.39 is 5.41 Å². The van der Waals surface area contributed by atoms with Crippen LogP contribution in [0, 0.1) is 5.41 Å². The van der Waals surface area contributed by atoms with Crippen LogP contribution in [0.1, 0.15) is 31.7 Å². The molecule has 1 aliphatic rings. The van der Waals surface area contributed by atoms with Crippen LogP contribution in [-0.2, 0) is 9.59 Å².